The van der Waals surface area contributed by atoms with Gasteiger partial charge >= 0.3 is 5.97 Å². The predicted octanol–water partition coefficient (Wildman–Crippen LogP) is 0.726. The molecule has 16 heavy (non-hydrogen) atoms. The minimum absolute atomic E-state index is 0.0218. The van der Waals surface area contributed by atoms with Crippen LogP contribution >= 0.6 is 11.5 Å². The van der Waals surface area contributed by atoms with Crippen LogP contribution in [-0.2, 0) is 9.63 Å². The minimum Gasteiger partial charge on any atom is -0.476 e. The summed E-state index contributed by atoms with van der Waals surface area (Å²) < 4.78 is 3.75. The van der Waals surface area contributed by atoms with Gasteiger partial charge in [-0.2, -0.15) is 9.36 Å². The van der Waals surface area contributed by atoms with E-state index in [2.05, 4.69) is 14.5 Å². The van der Waals surface area contributed by atoms with Gasteiger partial charge < -0.3 is 15.7 Å². The maximum atomic E-state index is 10.8. The highest BCUT2D eigenvalue weighted by molar-refractivity contribution is 7.09. The SMILES string of the molecule is CCCCON=C(C(=O)O)c1nsc(N)n1. The molecule has 0 aliphatic carbocycles. The van der Waals surface area contributed by atoms with Crippen LogP contribution in [0.2, 0.25) is 0 Å². The van der Waals surface area contributed by atoms with E-state index < -0.39 is 5.97 Å². The van der Waals surface area contributed by atoms with E-state index >= 15 is 0 Å². The zero-order valence-electron chi connectivity index (χ0n) is 8.71. The van der Waals surface area contributed by atoms with Crippen molar-refractivity contribution in [1.82, 2.24) is 9.36 Å². The maximum Gasteiger partial charge on any atom is 0.362 e. The number of nitrogens with zero attached hydrogens (tertiary/aromatic N) is 3. The van der Waals surface area contributed by atoms with E-state index in [1.54, 1.807) is 0 Å². The van der Waals surface area contributed by atoms with Crippen molar-refractivity contribution < 1.29 is 14.7 Å². The molecule has 7 nitrogen and oxygen atoms in total. The molecule has 1 heterocycles. The Morgan fingerprint density at radius 1 is 1.69 bits per heavy atom. The number of aliphatic carboxylic acids is 1. The minimum atomic E-state index is -1.24. The molecule has 0 atom stereocenters. The first-order chi connectivity index (χ1) is 7.65. The Balaban J connectivity index is 2.71. The molecule has 1 aromatic rings. The monoisotopic (exact) mass is 244 g/mol. The molecule has 0 spiro atoms. The fraction of sp³-hybridized carbons (Fsp3) is 0.500. The number of rotatable bonds is 6. The van der Waals surface area contributed by atoms with Gasteiger partial charge in [0, 0.05) is 11.5 Å². The number of hydrogen-bond acceptors (Lipinski definition) is 7. The molecule has 3 N–H and O–H groups in total. The second kappa shape index (κ2) is 6.01. The fourth-order valence-electron chi connectivity index (χ4n) is 0.826. The molecular weight excluding hydrogens is 232 g/mol. The molecule has 1 aromatic heterocycles. The first-order valence-corrected chi connectivity index (χ1v) is 5.45. The molecule has 0 fully saturated rings. The Bertz CT molecular complexity index is 390. The third kappa shape index (κ3) is 3.46. The lowest BCUT2D eigenvalue weighted by atomic mass is 10.3. The van der Waals surface area contributed by atoms with E-state index in [1.807, 2.05) is 6.92 Å². The highest BCUT2D eigenvalue weighted by Crippen LogP contribution is 2.07. The topological polar surface area (TPSA) is 111 Å². The van der Waals surface area contributed by atoms with Gasteiger partial charge in [-0.15, -0.1) is 0 Å². The van der Waals surface area contributed by atoms with Crippen molar-refractivity contribution in [3.05, 3.63) is 5.82 Å². The van der Waals surface area contributed by atoms with Gasteiger partial charge in [-0.05, 0) is 6.42 Å². The molecule has 1 rings (SSSR count). The second-order valence-corrected chi connectivity index (χ2v) is 3.67. The summed E-state index contributed by atoms with van der Waals surface area (Å²) in [6.45, 7) is 2.36. The van der Waals surface area contributed by atoms with E-state index in [1.165, 1.54) is 0 Å². The zero-order chi connectivity index (χ0) is 12.0. The normalized spacial score (nSPS) is 11.4. The summed E-state index contributed by atoms with van der Waals surface area (Å²) in [6.07, 6.45) is 1.75. The van der Waals surface area contributed by atoms with Crippen molar-refractivity contribution in [3.8, 4) is 0 Å². The summed E-state index contributed by atoms with van der Waals surface area (Å²) in [5, 5.41) is 12.5. The summed E-state index contributed by atoms with van der Waals surface area (Å²) >= 11 is 0.911. The Kier molecular flexibility index (Phi) is 4.65. The quantitative estimate of drug-likeness (QED) is 0.433. The maximum absolute atomic E-state index is 10.8. The summed E-state index contributed by atoms with van der Waals surface area (Å²) in [5.41, 5.74) is 5.02. The molecule has 0 aliphatic rings. The number of unbranched alkanes of at least 4 members (excludes halogenated alkanes) is 1. The molecule has 0 aromatic carbocycles. The van der Waals surface area contributed by atoms with E-state index in [4.69, 9.17) is 15.7 Å². The van der Waals surface area contributed by atoms with Crippen LogP contribution in [0.1, 0.15) is 25.6 Å². The van der Waals surface area contributed by atoms with Crippen LogP contribution in [0.25, 0.3) is 0 Å². The van der Waals surface area contributed by atoms with Crippen molar-refractivity contribution in [2.75, 3.05) is 12.3 Å². The van der Waals surface area contributed by atoms with Crippen LogP contribution in [-0.4, -0.2) is 32.8 Å². The van der Waals surface area contributed by atoms with Crippen molar-refractivity contribution in [1.29, 1.82) is 0 Å². The highest BCUT2D eigenvalue weighted by atomic mass is 32.1. The predicted molar refractivity (Wildman–Crippen MR) is 59.4 cm³/mol. The average Bonchev–Trinajstić information content (AvgIpc) is 2.64. The van der Waals surface area contributed by atoms with Crippen LogP contribution < -0.4 is 5.73 Å². The number of anilines is 1. The lowest BCUT2D eigenvalue weighted by Crippen LogP contribution is -2.17. The molecular formula is C8H12N4O3S. The van der Waals surface area contributed by atoms with Gasteiger partial charge in [-0.3, -0.25) is 0 Å². The number of nitrogens with two attached hydrogens (primary N) is 1. The molecule has 0 radical (unpaired) electrons. The number of carboxylic acid groups (broad SMARTS) is 1. The summed E-state index contributed by atoms with van der Waals surface area (Å²) in [4.78, 5) is 19.4. The lowest BCUT2D eigenvalue weighted by molar-refractivity contribution is -0.129. The Labute approximate surface area is 96.1 Å². The van der Waals surface area contributed by atoms with Gasteiger partial charge in [0.1, 0.15) is 6.61 Å². The van der Waals surface area contributed by atoms with Gasteiger partial charge in [0.15, 0.2) is 5.13 Å². The third-order valence-electron chi connectivity index (χ3n) is 1.60. The van der Waals surface area contributed by atoms with E-state index in [9.17, 15) is 4.79 Å². The molecule has 88 valence electrons. The van der Waals surface area contributed by atoms with Crippen molar-refractivity contribution in [2.24, 2.45) is 5.16 Å². The molecule has 8 heteroatoms. The number of carboxylic acids is 1. The molecule has 0 unspecified atom stereocenters. The fourth-order valence-corrected chi connectivity index (χ4v) is 1.26. The average molecular weight is 244 g/mol. The summed E-state index contributed by atoms with van der Waals surface area (Å²) in [7, 11) is 0. The molecule has 0 amide bonds. The molecule has 0 saturated carbocycles. The second-order valence-electron chi connectivity index (χ2n) is 2.89. The van der Waals surface area contributed by atoms with Crippen molar-refractivity contribution in [2.45, 2.75) is 19.8 Å². The Morgan fingerprint density at radius 3 is 2.94 bits per heavy atom. The Hall–Kier alpha value is -1.70. The summed E-state index contributed by atoms with van der Waals surface area (Å²) in [5.74, 6) is -1.26. The number of aromatic nitrogens is 2. The first-order valence-electron chi connectivity index (χ1n) is 4.68. The Morgan fingerprint density at radius 2 is 2.44 bits per heavy atom. The van der Waals surface area contributed by atoms with Crippen LogP contribution in [0.4, 0.5) is 5.13 Å². The zero-order valence-corrected chi connectivity index (χ0v) is 9.53. The standard InChI is InChI=1S/C8H12N4O3S/c1-2-3-4-15-11-5(7(13)14)6-10-8(9)16-12-6/h2-4H2,1H3,(H,13,14)(H2,9,10,12). The number of oxime groups is 1. The molecule has 0 saturated heterocycles. The van der Waals surface area contributed by atoms with Gasteiger partial charge in [0.05, 0.1) is 0 Å². The van der Waals surface area contributed by atoms with Gasteiger partial charge in [0.2, 0.25) is 11.5 Å². The highest BCUT2D eigenvalue weighted by Gasteiger charge is 2.18. The van der Waals surface area contributed by atoms with Crippen LogP contribution in [0.15, 0.2) is 5.16 Å². The van der Waals surface area contributed by atoms with Crippen molar-refractivity contribution in [3.63, 3.8) is 0 Å². The van der Waals surface area contributed by atoms with Crippen LogP contribution in [0.5, 0.6) is 0 Å². The number of nitrogen functional groups attached to an aromatic ring is 1. The van der Waals surface area contributed by atoms with E-state index in [-0.39, 0.29) is 16.7 Å². The van der Waals surface area contributed by atoms with E-state index in [0.717, 1.165) is 24.4 Å². The largest absolute Gasteiger partial charge is 0.476 e. The summed E-state index contributed by atoms with van der Waals surface area (Å²) in [6, 6.07) is 0. The lowest BCUT2D eigenvalue weighted by Gasteiger charge is -1.98. The van der Waals surface area contributed by atoms with Gasteiger partial charge in [-0.25, -0.2) is 4.79 Å². The van der Waals surface area contributed by atoms with Crippen LogP contribution in [0, 0.1) is 0 Å². The van der Waals surface area contributed by atoms with Crippen molar-refractivity contribution >= 4 is 28.3 Å². The third-order valence-corrected chi connectivity index (χ3v) is 2.14. The number of hydrogen-bond donors (Lipinski definition) is 2. The van der Waals surface area contributed by atoms with Gasteiger partial charge in [0.25, 0.3) is 0 Å². The smallest absolute Gasteiger partial charge is 0.362 e. The van der Waals surface area contributed by atoms with Gasteiger partial charge in [-0.1, -0.05) is 18.5 Å². The number of carbonyl (C=O) groups is 1. The van der Waals surface area contributed by atoms with E-state index in [0.29, 0.717) is 6.61 Å². The molecule has 0 bridgehead atoms. The molecule has 0 aliphatic heterocycles. The van der Waals surface area contributed by atoms with Crippen LogP contribution in [0.3, 0.4) is 0 Å². The first kappa shape index (κ1) is 12.4.